The highest BCUT2D eigenvalue weighted by atomic mass is 16.1. The minimum Gasteiger partial charge on any atom is -0.295 e. The Hall–Kier alpha value is -1.37. The quantitative estimate of drug-likeness (QED) is 0.649. The zero-order chi connectivity index (χ0) is 10.2. The van der Waals surface area contributed by atoms with E-state index < -0.39 is 0 Å². The van der Waals surface area contributed by atoms with Gasteiger partial charge in [0.05, 0.1) is 0 Å². The molecule has 1 rings (SSSR count). The third-order valence-corrected chi connectivity index (χ3v) is 2.08. The van der Waals surface area contributed by atoms with Gasteiger partial charge in [-0.25, -0.2) is 0 Å². The summed E-state index contributed by atoms with van der Waals surface area (Å²) in [4.78, 5) is 11.1. The van der Waals surface area contributed by atoms with Crippen LogP contribution in [-0.4, -0.2) is 5.78 Å². The Morgan fingerprint density at radius 1 is 1.29 bits per heavy atom. The highest BCUT2D eigenvalue weighted by Crippen LogP contribution is 2.04. The Bertz CT molecular complexity index is 298. The summed E-state index contributed by atoms with van der Waals surface area (Å²) in [6, 6.07) is 10.3. The van der Waals surface area contributed by atoms with E-state index in [2.05, 4.69) is 12.1 Å². The molecule has 1 aromatic carbocycles. The first-order valence-corrected chi connectivity index (χ1v) is 5.02. The predicted octanol–water partition coefficient (Wildman–Crippen LogP) is 3.15. The molecule has 0 amide bonds. The maximum Gasteiger partial charge on any atom is 0.155 e. The molecule has 1 heteroatoms. The largest absolute Gasteiger partial charge is 0.295 e. The molecule has 0 saturated heterocycles. The van der Waals surface area contributed by atoms with Gasteiger partial charge in [-0.15, -0.1) is 0 Å². The summed E-state index contributed by atoms with van der Waals surface area (Å²) < 4.78 is 0. The number of hydrogen-bond acceptors (Lipinski definition) is 1. The Morgan fingerprint density at radius 2 is 2.00 bits per heavy atom. The lowest BCUT2D eigenvalue weighted by Crippen LogP contribution is -1.94. The van der Waals surface area contributed by atoms with Crippen LogP contribution in [0.2, 0.25) is 0 Å². The van der Waals surface area contributed by atoms with Gasteiger partial charge in [-0.05, 0) is 31.4 Å². The van der Waals surface area contributed by atoms with Crippen LogP contribution in [0.25, 0.3) is 0 Å². The molecule has 0 bridgehead atoms. The number of benzene rings is 1. The molecule has 74 valence electrons. The minimum atomic E-state index is 0.225. The van der Waals surface area contributed by atoms with E-state index in [9.17, 15) is 4.79 Å². The van der Waals surface area contributed by atoms with Crippen molar-refractivity contribution >= 4 is 5.78 Å². The number of aryl methyl sites for hydroxylation is 1. The van der Waals surface area contributed by atoms with Crippen LogP contribution in [0.3, 0.4) is 0 Å². The van der Waals surface area contributed by atoms with Crippen LogP contribution in [0.1, 0.15) is 25.3 Å². The van der Waals surface area contributed by atoms with Gasteiger partial charge in [0.25, 0.3) is 0 Å². The molecule has 1 nitrogen and oxygen atoms in total. The molecule has 0 radical (unpaired) electrons. The summed E-state index contributed by atoms with van der Waals surface area (Å²) in [6.07, 6.45) is 6.02. The van der Waals surface area contributed by atoms with Crippen molar-refractivity contribution in [2.75, 3.05) is 0 Å². The van der Waals surface area contributed by atoms with E-state index in [-0.39, 0.29) is 5.78 Å². The van der Waals surface area contributed by atoms with Crippen molar-refractivity contribution in [2.24, 2.45) is 0 Å². The minimum absolute atomic E-state index is 0.225. The number of ketones is 1. The molecule has 0 unspecified atom stereocenters. The van der Waals surface area contributed by atoms with Gasteiger partial charge in [0.1, 0.15) is 0 Å². The Balaban J connectivity index is 2.25. The van der Waals surface area contributed by atoms with Gasteiger partial charge in [0.2, 0.25) is 0 Å². The fourth-order valence-electron chi connectivity index (χ4n) is 1.38. The molecule has 0 aliphatic rings. The maximum absolute atomic E-state index is 11.1. The zero-order valence-electron chi connectivity index (χ0n) is 8.57. The van der Waals surface area contributed by atoms with Crippen molar-refractivity contribution in [3.8, 4) is 0 Å². The molecule has 0 aliphatic heterocycles. The topological polar surface area (TPSA) is 17.1 Å². The summed E-state index contributed by atoms with van der Waals surface area (Å²) >= 11 is 0. The fraction of sp³-hybridized carbons (Fsp3) is 0.308. The van der Waals surface area contributed by atoms with Crippen molar-refractivity contribution in [1.82, 2.24) is 0 Å². The second-order valence-electron chi connectivity index (χ2n) is 3.31. The molecule has 0 atom stereocenters. The first-order chi connectivity index (χ1) is 6.83. The van der Waals surface area contributed by atoms with Crippen LogP contribution in [0, 0.1) is 0 Å². The van der Waals surface area contributed by atoms with E-state index in [1.807, 2.05) is 25.1 Å². The van der Waals surface area contributed by atoms with Crippen LogP contribution < -0.4 is 0 Å². The molecule has 0 heterocycles. The Labute approximate surface area is 85.5 Å². The van der Waals surface area contributed by atoms with E-state index >= 15 is 0 Å². The molecule has 14 heavy (non-hydrogen) atoms. The first kappa shape index (κ1) is 10.7. The standard InChI is InChI=1S/C13H16O/c1-2-7-13(14)11-6-10-12-8-4-3-5-9-12/h2-5,7-9H,6,10-11H2,1H3/b7-2+. The molecular weight excluding hydrogens is 172 g/mol. The van der Waals surface area contributed by atoms with E-state index in [4.69, 9.17) is 0 Å². The van der Waals surface area contributed by atoms with Crippen molar-refractivity contribution in [3.05, 3.63) is 48.0 Å². The lowest BCUT2D eigenvalue weighted by molar-refractivity contribution is -0.114. The lowest BCUT2D eigenvalue weighted by atomic mass is 10.1. The van der Waals surface area contributed by atoms with Crippen molar-refractivity contribution in [1.29, 1.82) is 0 Å². The van der Waals surface area contributed by atoms with Gasteiger partial charge in [0, 0.05) is 6.42 Å². The monoisotopic (exact) mass is 188 g/mol. The number of allylic oxidation sites excluding steroid dienone is 2. The lowest BCUT2D eigenvalue weighted by Gasteiger charge is -1.98. The van der Waals surface area contributed by atoms with Crippen molar-refractivity contribution in [3.63, 3.8) is 0 Å². The zero-order valence-corrected chi connectivity index (χ0v) is 8.57. The molecular formula is C13H16O. The SMILES string of the molecule is C/C=C/C(=O)CCCc1ccccc1. The molecule has 0 saturated carbocycles. The Kier molecular flexibility index (Phi) is 4.70. The van der Waals surface area contributed by atoms with Gasteiger partial charge in [-0.3, -0.25) is 4.79 Å². The van der Waals surface area contributed by atoms with Crippen LogP contribution in [0.5, 0.6) is 0 Å². The van der Waals surface area contributed by atoms with Gasteiger partial charge < -0.3 is 0 Å². The smallest absolute Gasteiger partial charge is 0.155 e. The summed E-state index contributed by atoms with van der Waals surface area (Å²) in [5.41, 5.74) is 1.31. The highest BCUT2D eigenvalue weighted by Gasteiger charge is 1.96. The highest BCUT2D eigenvalue weighted by molar-refractivity contribution is 5.89. The third kappa shape index (κ3) is 4.04. The summed E-state index contributed by atoms with van der Waals surface area (Å²) in [5.74, 6) is 0.225. The summed E-state index contributed by atoms with van der Waals surface area (Å²) in [5, 5.41) is 0. The van der Waals surface area contributed by atoms with Crippen molar-refractivity contribution < 1.29 is 4.79 Å². The average molecular weight is 188 g/mol. The van der Waals surface area contributed by atoms with Crippen LogP contribution in [0.4, 0.5) is 0 Å². The summed E-state index contributed by atoms with van der Waals surface area (Å²) in [6.45, 7) is 1.87. The number of hydrogen-bond donors (Lipinski definition) is 0. The predicted molar refractivity (Wildman–Crippen MR) is 59.2 cm³/mol. The van der Waals surface area contributed by atoms with Gasteiger partial charge in [0.15, 0.2) is 5.78 Å². The van der Waals surface area contributed by atoms with Crippen molar-refractivity contribution in [2.45, 2.75) is 26.2 Å². The first-order valence-electron chi connectivity index (χ1n) is 5.02. The normalized spacial score (nSPS) is 10.6. The Morgan fingerprint density at radius 3 is 2.64 bits per heavy atom. The molecule has 0 aliphatic carbocycles. The number of carbonyl (C=O) groups excluding carboxylic acids is 1. The van der Waals surface area contributed by atoms with E-state index in [1.54, 1.807) is 12.2 Å². The second kappa shape index (κ2) is 6.14. The van der Waals surface area contributed by atoms with Crippen LogP contribution in [-0.2, 0) is 11.2 Å². The van der Waals surface area contributed by atoms with Gasteiger partial charge >= 0.3 is 0 Å². The molecule has 0 N–H and O–H groups in total. The third-order valence-electron chi connectivity index (χ3n) is 2.08. The van der Waals surface area contributed by atoms with Crippen LogP contribution in [0.15, 0.2) is 42.5 Å². The second-order valence-corrected chi connectivity index (χ2v) is 3.31. The average Bonchev–Trinajstić information content (AvgIpc) is 2.20. The maximum atomic E-state index is 11.1. The van der Waals surface area contributed by atoms with Gasteiger partial charge in [-0.1, -0.05) is 36.4 Å². The summed E-state index contributed by atoms with van der Waals surface area (Å²) in [7, 11) is 0. The van der Waals surface area contributed by atoms with E-state index in [1.165, 1.54) is 5.56 Å². The number of carbonyl (C=O) groups is 1. The van der Waals surface area contributed by atoms with E-state index in [0.29, 0.717) is 6.42 Å². The number of rotatable bonds is 5. The molecule has 0 fully saturated rings. The van der Waals surface area contributed by atoms with Gasteiger partial charge in [-0.2, -0.15) is 0 Å². The molecule has 0 aromatic heterocycles. The molecule has 1 aromatic rings. The fourth-order valence-corrected chi connectivity index (χ4v) is 1.38. The van der Waals surface area contributed by atoms with Crippen LogP contribution >= 0.6 is 0 Å². The molecule has 0 spiro atoms. The van der Waals surface area contributed by atoms with E-state index in [0.717, 1.165) is 12.8 Å².